The zero-order chi connectivity index (χ0) is 18.4. The van der Waals surface area contributed by atoms with Crippen molar-refractivity contribution in [3.63, 3.8) is 0 Å². The molecular weight excluding hydrogens is 346 g/mol. The summed E-state index contributed by atoms with van der Waals surface area (Å²) < 4.78 is 59.8. The summed E-state index contributed by atoms with van der Waals surface area (Å²) in [7, 11) is 0. The Morgan fingerprint density at radius 2 is 1.68 bits per heavy atom. The SMILES string of the molecule is O=C(COC(=O)c1cccc(OC(F)F)c1)Nc1c(F)cccc1F. The van der Waals surface area contributed by atoms with Gasteiger partial charge >= 0.3 is 12.6 Å². The van der Waals surface area contributed by atoms with Crippen LogP contribution in [0.25, 0.3) is 0 Å². The Labute approximate surface area is 139 Å². The molecule has 1 N–H and O–H groups in total. The number of amides is 1. The summed E-state index contributed by atoms with van der Waals surface area (Å²) in [5.74, 6) is -4.21. The number of halogens is 4. The van der Waals surface area contributed by atoms with Gasteiger partial charge in [-0.2, -0.15) is 8.78 Å². The van der Waals surface area contributed by atoms with Crippen LogP contribution in [0.3, 0.4) is 0 Å². The van der Waals surface area contributed by atoms with Gasteiger partial charge in [0, 0.05) is 0 Å². The fourth-order valence-corrected chi connectivity index (χ4v) is 1.81. The van der Waals surface area contributed by atoms with E-state index in [-0.39, 0.29) is 11.3 Å². The zero-order valence-corrected chi connectivity index (χ0v) is 12.5. The largest absolute Gasteiger partial charge is 0.452 e. The van der Waals surface area contributed by atoms with Crippen LogP contribution in [0.2, 0.25) is 0 Å². The second kappa shape index (κ2) is 8.13. The van der Waals surface area contributed by atoms with Gasteiger partial charge in [-0.15, -0.1) is 0 Å². The minimum absolute atomic E-state index is 0.136. The number of benzene rings is 2. The molecule has 0 heterocycles. The lowest BCUT2D eigenvalue weighted by Gasteiger charge is -2.09. The maximum absolute atomic E-state index is 13.4. The zero-order valence-electron chi connectivity index (χ0n) is 12.5. The average Bonchev–Trinajstić information content (AvgIpc) is 2.56. The molecule has 0 aromatic heterocycles. The fourth-order valence-electron chi connectivity index (χ4n) is 1.81. The molecule has 5 nitrogen and oxygen atoms in total. The van der Waals surface area contributed by atoms with E-state index in [2.05, 4.69) is 9.47 Å². The van der Waals surface area contributed by atoms with Crippen molar-refractivity contribution in [1.82, 2.24) is 0 Å². The van der Waals surface area contributed by atoms with Gasteiger partial charge in [-0.1, -0.05) is 12.1 Å². The number of ether oxygens (including phenoxy) is 2. The van der Waals surface area contributed by atoms with Crippen molar-refractivity contribution in [2.75, 3.05) is 11.9 Å². The third-order valence-electron chi connectivity index (χ3n) is 2.86. The topological polar surface area (TPSA) is 64.6 Å². The van der Waals surface area contributed by atoms with E-state index in [0.29, 0.717) is 0 Å². The molecule has 0 spiro atoms. The summed E-state index contributed by atoms with van der Waals surface area (Å²) in [6.07, 6.45) is 0. The van der Waals surface area contributed by atoms with Crippen LogP contribution in [0.15, 0.2) is 42.5 Å². The van der Waals surface area contributed by atoms with E-state index < -0.39 is 42.4 Å². The number of hydrogen-bond acceptors (Lipinski definition) is 4. The lowest BCUT2D eigenvalue weighted by molar-refractivity contribution is -0.119. The maximum Gasteiger partial charge on any atom is 0.387 e. The molecule has 0 fully saturated rings. The van der Waals surface area contributed by atoms with Crippen LogP contribution in [0, 0.1) is 11.6 Å². The van der Waals surface area contributed by atoms with Crippen molar-refractivity contribution in [1.29, 1.82) is 0 Å². The lowest BCUT2D eigenvalue weighted by atomic mass is 10.2. The van der Waals surface area contributed by atoms with Gasteiger partial charge in [0.15, 0.2) is 6.61 Å². The average molecular weight is 357 g/mol. The van der Waals surface area contributed by atoms with Crippen molar-refractivity contribution in [2.45, 2.75) is 6.61 Å². The van der Waals surface area contributed by atoms with E-state index in [1.54, 1.807) is 0 Å². The predicted octanol–water partition coefficient (Wildman–Crippen LogP) is 3.36. The molecule has 0 aliphatic carbocycles. The Hall–Kier alpha value is -3.10. The molecule has 0 saturated heterocycles. The lowest BCUT2D eigenvalue weighted by Crippen LogP contribution is -2.22. The van der Waals surface area contributed by atoms with Gasteiger partial charge in [0.25, 0.3) is 5.91 Å². The minimum atomic E-state index is -3.06. The molecule has 2 aromatic carbocycles. The van der Waals surface area contributed by atoms with Gasteiger partial charge in [0.1, 0.15) is 23.1 Å². The summed E-state index contributed by atoms with van der Waals surface area (Å²) in [5, 5.41) is 1.93. The maximum atomic E-state index is 13.4. The summed E-state index contributed by atoms with van der Waals surface area (Å²) >= 11 is 0. The van der Waals surface area contributed by atoms with Gasteiger partial charge in [-0.05, 0) is 30.3 Å². The highest BCUT2D eigenvalue weighted by Crippen LogP contribution is 2.18. The van der Waals surface area contributed by atoms with Gasteiger partial charge in [-0.25, -0.2) is 13.6 Å². The van der Waals surface area contributed by atoms with E-state index in [9.17, 15) is 27.2 Å². The number of hydrogen-bond donors (Lipinski definition) is 1. The van der Waals surface area contributed by atoms with E-state index in [1.807, 2.05) is 5.32 Å². The van der Waals surface area contributed by atoms with Crippen LogP contribution in [0.1, 0.15) is 10.4 Å². The van der Waals surface area contributed by atoms with Gasteiger partial charge in [0.05, 0.1) is 5.56 Å². The first kappa shape index (κ1) is 18.2. The smallest absolute Gasteiger partial charge is 0.387 e. The summed E-state index contributed by atoms with van der Waals surface area (Å²) in [5.41, 5.74) is -0.807. The molecule has 0 aliphatic heterocycles. The molecule has 0 unspecified atom stereocenters. The first-order valence-electron chi connectivity index (χ1n) is 6.82. The molecule has 2 rings (SSSR count). The monoisotopic (exact) mass is 357 g/mol. The number of para-hydroxylation sites is 1. The normalized spacial score (nSPS) is 10.4. The van der Waals surface area contributed by atoms with Crippen LogP contribution >= 0.6 is 0 Å². The number of alkyl halides is 2. The van der Waals surface area contributed by atoms with Crippen molar-refractivity contribution >= 4 is 17.6 Å². The van der Waals surface area contributed by atoms with Crippen LogP contribution in [-0.4, -0.2) is 25.1 Å². The fraction of sp³-hybridized carbons (Fsp3) is 0.125. The molecule has 9 heteroatoms. The molecule has 25 heavy (non-hydrogen) atoms. The van der Waals surface area contributed by atoms with Gasteiger partial charge in [0.2, 0.25) is 0 Å². The van der Waals surface area contributed by atoms with Crippen molar-refractivity contribution in [2.24, 2.45) is 0 Å². The number of carbonyl (C=O) groups is 2. The van der Waals surface area contributed by atoms with Crippen LogP contribution < -0.4 is 10.1 Å². The summed E-state index contributed by atoms with van der Waals surface area (Å²) in [6.45, 7) is -3.89. The third kappa shape index (κ3) is 5.20. The molecule has 2 aromatic rings. The predicted molar refractivity (Wildman–Crippen MR) is 78.3 cm³/mol. The molecule has 0 aliphatic rings. The highest BCUT2D eigenvalue weighted by molar-refractivity contribution is 5.95. The molecule has 0 saturated carbocycles. The Morgan fingerprint density at radius 3 is 2.32 bits per heavy atom. The van der Waals surface area contributed by atoms with Gasteiger partial charge < -0.3 is 14.8 Å². The van der Waals surface area contributed by atoms with Crippen molar-refractivity contribution < 1.29 is 36.6 Å². The molecular formula is C16H11F4NO4. The Balaban J connectivity index is 1.94. The Bertz CT molecular complexity index is 762. The first-order chi connectivity index (χ1) is 11.9. The highest BCUT2D eigenvalue weighted by atomic mass is 19.3. The molecule has 0 radical (unpaired) electrons. The molecule has 1 amide bonds. The molecule has 132 valence electrons. The van der Waals surface area contributed by atoms with E-state index in [1.165, 1.54) is 18.2 Å². The van der Waals surface area contributed by atoms with Crippen LogP contribution in [0.4, 0.5) is 23.2 Å². The number of nitrogens with one attached hydrogen (secondary N) is 1. The Morgan fingerprint density at radius 1 is 1.04 bits per heavy atom. The number of rotatable bonds is 6. The number of anilines is 1. The number of carbonyl (C=O) groups excluding carboxylic acids is 2. The standard InChI is InChI=1S/C16H11F4NO4/c17-11-5-2-6-12(18)14(11)21-13(22)8-24-15(23)9-3-1-4-10(7-9)25-16(19)20/h1-7,16H,8H2,(H,21,22). The second-order valence-corrected chi connectivity index (χ2v) is 4.63. The van der Waals surface area contributed by atoms with Crippen molar-refractivity contribution in [3.05, 3.63) is 59.7 Å². The highest BCUT2D eigenvalue weighted by Gasteiger charge is 2.15. The summed E-state index contributed by atoms with van der Waals surface area (Å²) in [6, 6.07) is 7.75. The van der Waals surface area contributed by atoms with E-state index >= 15 is 0 Å². The van der Waals surface area contributed by atoms with E-state index in [4.69, 9.17) is 0 Å². The van der Waals surface area contributed by atoms with Crippen LogP contribution in [-0.2, 0) is 9.53 Å². The minimum Gasteiger partial charge on any atom is -0.452 e. The first-order valence-corrected chi connectivity index (χ1v) is 6.82. The summed E-state index contributed by atoms with van der Waals surface area (Å²) in [4.78, 5) is 23.4. The van der Waals surface area contributed by atoms with Gasteiger partial charge in [-0.3, -0.25) is 4.79 Å². The van der Waals surface area contributed by atoms with E-state index in [0.717, 1.165) is 24.3 Å². The molecule has 0 bridgehead atoms. The Kier molecular flexibility index (Phi) is 5.93. The number of esters is 1. The quantitative estimate of drug-likeness (QED) is 0.636. The van der Waals surface area contributed by atoms with Crippen LogP contribution in [0.5, 0.6) is 5.75 Å². The second-order valence-electron chi connectivity index (χ2n) is 4.63. The van der Waals surface area contributed by atoms with Crippen molar-refractivity contribution in [3.8, 4) is 5.75 Å². The molecule has 0 atom stereocenters. The third-order valence-corrected chi connectivity index (χ3v) is 2.86.